The molecular weight excluding hydrogens is 232 g/mol. The Morgan fingerprint density at radius 2 is 2.11 bits per heavy atom. The Bertz CT molecular complexity index is 367. The Morgan fingerprint density at radius 3 is 2.83 bits per heavy atom. The quantitative estimate of drug-likeness (QED) is 0.515. The largest absolute Gasteiger partial charge is 0.314 e. The van der Waals surface area contributed by atoms with Crippen LogP contribution in [0.25, 0.3) is 0 Å². The van der Waals surface area contributed by atoms with Gasteiger partial charge in [-0.1, -0.05) is 12.8 Å². The molecule has 2 aliphatic heterocycles. The third-order valence-corrected chi connectivity index (χ3v) is 3.42. The topological polar surface area (TPSA) is 87.8 Å². The van der Waals surface area contributed by atoms with Crippen LogP contribution in [-0.4, -0.2) is 35.7 Å². The zero-order valence-corrected chi connectivity index (χ0v) is 10.5. The van der Waals surface area contributed by atoms with Gasteiger partial charge in [-0.15, -0.1) is 0 Å². The highest BCUT2D eigenvalue weighted by molar-refractivity contribution is 6.01. The summed E-state index contributed by atoms with van der Waals surface area (Å²) in [5.41, 5.74) is 0. The third-order valence-electron chi connectivity index (χ3n) is 3.42. The summed E-state index contributed by atoms with van der Waals surface area (Å²) in [6.45, 7) is 1.08. The summed E-state index contributed by atoms with van der Waals surface area (Å²) in [5.74, 6) is 5.59. The van der Waals surface area contributed by atoms with Crippen molar-refractivity contribution >= 4 is 17.6 Å². The molecule has 1 unspecified atom stereocenters. The predicted octanol–water partition coefficient (Wildman–Crippen LogP) is 0.187. The molecule has 2 heterocycles. The van der Waals surface area contributed by atoms with Crippen LogP contribution in [0.3, 0.4) is 0 Å². The van der Waals surface area contributed by atoms with Gasteiger partial charge in [0.05, 0.1) is 5.92 Å². The van der Waals surface area contributed by atoms with Gasteiger partial charge in [0.25, 0.3) is 0 Å². The summed E-state index contributed by atoms with van der Waals surface area (Å²) in [6.07, 6.45) is 5.56. The molecule has 0 aromatic heterocycles. The summed E-state index contributed by atoms with van der Waals surface area (Å²) in [4.78, 5) is 27.6. The average molecular weight is 252 g/mol. The van der Waals surface area contributed by atoms with E-state index in [1.54, 1.807) is 0 Å². The molecule has 2 aliphatic rings. The highest BCUT2D eigenvalue weighted by Crippen LogP contribution is 2.15. The average Bonchev–Trinajstić information content (AvgIpc) is 2.63. The first-order valence-corrected chi connectivity index (χ1v) is 6.56. The molecule has 0 aromatic carbocycles. The number of amides is 2. The lowest BCUT2D eigenvalue weighted by atomic mass is 10.1. The molecule has 18 heavy (non-hydrogen) atoms. The van der Waals surface area contributed by atoms with Crippen LogP contribution in [0.4, 0.5) is 0 Å². The van der Waals surface area contributed by atoms with E-state index in [2.05, 4.69) is 10.3 Å². The first kappa shape index (κ1) is 13.0. The molecule has 6 nitrogen and oxygen atoms in total. The summed E-state index contributed by atoms with van der Waals surface area (Å²) >= 11 is 0. The van der Waals surface area contributed by atoms with Crippen LogP contribution in [0.2, 0.25) is 0 Å². The van der Waals surface area contributed by atoms with Crippen molar-refractivity contribution in [3.05, 3.63) is 0 Å². The molecule has 1 saturated heterocycles. The van der Waals surface area contributed by atoms with E-state index in [1.807, 2.05) is 0 Å². The van der Waals surface area contributed by atoms with E-state index >= 15 is 0 Å². The number of hydrazine groups is 1. The summed E-state index contributed by atoms with van der Waals surface area (Å²) in [5, 5.41) is 3.96. The van der Waals surface area contributed by atoms with Gasteiger partial charge in [-0.25, -0.2) is 5.84 Å². The highest BCUT2D eigenvalue weighted by Gasteiger charge is 2.33. The maximum absolute atomic E-state index is 12.0. The molecular formula is C12H20N4O2. The number of nitrogens with two attached hydrogens (primary N) is 1. The summed E-state index contributed by atoms with van der Waals surface area (Å²) < 4.78 is 0. The van der Waals surface area contributed by atoms with Gasteiger partial charge in [-0.3, -0.25) is 19.6 Å². The molecule has 0 aromatic rings. The Hall–Kier alpha value is -1.43. The maximum atomic E-state index is 12.0. The highest BCUT2D eigenvalue weighted by atomic mass is 16.2. The Morgan fingerprint density at radius 1 is 1.33 bits per heavy atom. The minimum absolute atomic E-state index is 0.129. The summed E-state index contributed by atoms with van der Waals surface area (Å²) in [7, 11) is 0. The molecule has 0 bridgehead atoms. The van der Waals surface area contributed by atoms with Crippen LogP contribution in [0, 0.1) is 5.92 Å². The molecule has 0 radical (unpaired) electrons. The molecule has 0 saturated carbocycles. The van der Waals surface area contributed by atoms with Crippen molar-refractivity contribution in [2.24, 2.45) is 16.8 Å². The van der Waals surface area contributed by atoms with E-state index < -0.39 is 0 Å². The van der Waals surface area contributed by atoms with Crippen molar-refractivity contribution in [2.45, 2.75) is 38.5 Å². The van der Waals surface area contributed by atoms with Gasteiger partial charge in [0.15, 0.2) is 0 Å². The fourth-order valence-electron chi connectivity index (χ4n) is 2.30. The van der Waals surface area contributed by atoms with Crippen molar-refractivity contribution in [1.29, 1.82) is 0 Å². The number of hydrogen-bond donors (Lipinski definition) is 2. The van der Waals surface area contributed by atoms with Crippen molar-refractivity contribution < 1.29 is 9.59 Å². The molecule has 3 N–H and O–H groups in total. The number of carbonyl (C=O) groups excluding carboxylic acids is 2. The van der Waals surface area contributed by atoms with Crippen LogP contribution < -0.4 is 11.2 Å². The molecule has 0 spiro atoms. The van der Waals surface area contributed by atoms with E-state index in [4.69, 9.17) is 5.84 Å². The van der Waals surface area contributed by atoms with Crippen LogP contribution in [-0.2, 0) is 9.59 Å². The second kappa shape index (κ2) is 5.95. The fourth-order valence-corrected chi connectivity index (χ4v) is 2.30. The number of amidine groups is 1. The standard InChI is InChI=1S/C12H20N4O2/c13-16-8-9(7-11(16)17)12(18)15-10-5-3-1-2-4-6-14-10/h9H,1-8,13H2,(H,14,15,18). The van der Waals surface area contributed by atoms with Crippen LogP contribution in [0.5, 0.6) is 0 Å². The van der Waals surface area contributed by atoms with Gasteiger partial charge in [-0.05, 0) is 12.8 Å². The number of nitrogens with one attached hydrogen (secondary N) is 1. The minimum atomic E-state index is -0.337. The molecule has 0 aliphatic carbocycles. The SMILES string of the molecule is NN1CC(C(=O)N/C2=N/CCCCCC2)CC1=O. The van der Waals surface area contributed by atoms with Crippen molar-refractivity contribution in [1.82, 2.24) is 10.3 Å². The maximum Gasteiger partial charge on any atom is 0.237 e. The van der Waals surface area contributed by atoms with Crippen LogP contribution in [0.1, 0.15) is 38.5 Å². The Balaban J connectivity index is 1.88. The van der Waals surface area contributed by atoms with Crippen LogP contribution in [0.15, 0.2) is 4.99 Å². The van der Waals surface area contributed by atoms with E-state index in [0.29, 0.717) is 6.54 Å². The molecule has 2 amide bonds. The van der Waals surface area contributed by atoms with Gasteiger partial charge in [0, 0.05) is 25.9 Å². The van der Waals surface area contributed by atoms with Crippen LogP contribution >= 0.6 is 0 Å². The van der Waals surface area contributed by atoms with Gasteiger partial charge in [0.1, 0.15) is 5.84 Å². The Labute approximate surface area is 107 Å². The molecule has 2 rings (SSSR count). The second-order valence-corrected chi connectivity index (χ2v) is 4.93. The lowest BCUT2D eigenvalue weighted by molar-refractivity contribution is -0.128. The second-order valence-electron chi connectivity index (χ2n) is 4.93. The number of nitrogens with zero attached hydrogens (tertiary/aromatic N) is 2. The molecule has 6 heteroatoms. The number of rotatable bonds is 1. The van der Waals surface area contributed by atoms with Gasteiger partial charge in [0.2, 0.25) is 11.8 Å². The smallest absolute Gasteiger partial charge is 0.237 e. The normalized spacial score (nSPS) is 28.3. The zero-order chi connectivity index (χ0) is 13.0. The van der Waals surface area contributed by atoms with Crippen molar-refractivity contribution in [2.75, 3.05) is 13.1 Å². The van der Waals surface area contributed by atoms with Crippen molar-refractivity contribution in [3.63, 3.8) is 0 Å². The third kappa shape index (κ3) is 3.29. The number of hydrogen-bond acceptors (Lipinski definition) is 4. The van der Waals surface area contributed by atoms with E-state index in [9.17, 15) is 9.59 Å². The molecule has 1 atom stereocenters. The van der Waals surface area contributed by atoms with Gasteiger partial charge < -0.3 is 5.32 Å². The Kier molecular flexibility index (Phi) is 4.30. The lowest BCUT2D eigenvalue weighted by Crippen LogP contribution is -2.38. The molecule has 1 fully saturated rings. The van der Waals surface area contributed by atoms with E-state index in [-0.39, 0.29) is 24.2 Å². The van der Waals surface area contributed by atoms with Crippen molar-refractivity contribution in [3.8, 4) is 0 Å². The summed E-state index contributed by atoms with van der Waals surface area (Å²) in [6, 6.07) is 0. The zero-order valence-electron chi connectivity index (χ0n) is 10.5. The minimum Gasteiger partial charge on any atom is -0.314 e. The van der Waals surface area contributed by atoms with E-state index in [1.165, 1.54) is 12.8 Å². The van der Waals surface area contributed by atoms with Gasteiger partial charge >= 0.3 is 0 Å². The molecule has 100 valence electrons. The predicted molar refractivity (Wildman–Crippen MR) is 67.5 cm³/mol. The monoisotopic (exact) mass is 252 g/mol. The fraction of sp³-hybridized carbons (Fsp3) is 0.750. The number of carbonyl (C=O) groups is 2. The lowest BCUT2D eigenvalue weighted by Gasteiger charge is -2.14. The van der Waals surface area contributed by atoms with E-state index in [0.717, 1.165) is 36.7 Å². The van der Waals surface area contributed by atoms with Gasteiger partial charge in [-0.2, -0.15) is 0 Å². The first-order valence-electron chi connectivity index (χ1n) is 6.56. The number of aliphatic imine (C=N–C) groups is 1. The first-order chi connectivity index (χ1) is 8.66.